The molecule has 0 aliphatic heterocycles. The second-order valence-corrected chi connectivity index (χ2v) is 44.2. The van der Waals surface area contributed by atoms with Gasteiger partial charge >= 0.3 is 134 Å². The maximum Gasteiger partial charge on any atom is 2.00 e. The van der Waals surface area contributed by atoms with Gasteiger partial charge < -0.3 is 0 Å². The Morgan fingerprint density at radius 2 is 0.418 bits per heavy atom. The van der Waals surface area contributed by atoms with Crippen molar-refractivity contribution in [1.29, 1.82) is 0 Å². The van der Waals surface area contributed by atoms with E-state index in [1.165, 1.54) is 96.5 Å². The van der Waals surface area contributed by atoms with Crippen molar-refractivity contribution in [3.05, 3.63) is 458 Å². The van der Waals surface area contributed by atoms with Crippen molar-refractivity contribution >= 4 is 123 Å². The van der Waals surface area contributed by atoms with Gasteiger partial charge in [0, 0.05) is 33.4 Å². The van der Waals surface area contributed by atoms with Crippen molar-refractivity contribution in [2.24, 2.45) is 0 Å². The predicted octanol–water partition coefficient (Wildman–Crippen LogP) is 27.2. The normalized spacial score (nSPS) is 10.6. The molecule has 0 aliphatic rings. The number of hydrogen-bond donors (Lipinski definition) is 0. The number of benzene rings is 12. The topological polar surface area (TPSA) is 51.6 Å². The van der Waals surface area contributed by atoms with Crippen molar-refractivity contribution in [3.8, 4) is 89.5 Å². The molecule has 0 N–H and O–H groups in total. The van der Waals surface area contributed by atoms with Gasteiger partial charge in [0.2, 0.25) is 0 Å². The molecule has 4 heterocycles. The Balaban J connectivity index is 0.000000211. The van der Waals surface area contributed by atoms with Crippen LogP contribution in [0.3, 0.4) is 0 Å². The third-order valence-electron chi connectivity index (χ3n) is 17.8. The maximum absolute atomic E-state index is 5.33. The van der Waals surface area contributed by atoms with E-state index in [0.29, 0.717) is 0 Å². The summed E-state index contributed by atoms with van der Waals surface area (Å²) >= 11 is -0.556. The van der Waals surface area contributed by atoms with E-state index >= 15 is 0 Å². The van der Waals surface area contributed by atoms with Crippen molar-refractivity contribution in [1.82, 2.24) is 19.9 Å². The van der Waals surface area contributed by atoms with Crippen LogP contribution in [0.25, 0.3) is 112 Å². The number of nitrogens with zero attached hydrogens (tertiary/aromatic N) is 4. The minimum atomic E-state index is -3.06. The number of rotatable bonds is 16. The van der Waals surface area contributed by atoms with Gasteiger partial charge in [-0.25, -0.2) is 9.97 Å². The molecule has 0 unspecified atom stereocenters. The summed E-state index contributed by atoms with van der Waals surface area (Å²) in [5.41, 5.74) is 28.7. The van der Waals surface area contributed by atoms with E-state index in [-0.39, 0.29) is 35.9 Å². The molecule has 0 amide bonds. The summed E-state index contributed by atoms with van der Waals surface area (Å²) in [5.74, 6) is 0. The molecule has 0 bridgehead atoms. The first-order chi connectivity index (χ1) is 52.6. The van der Waals surface area contributed by atoms with Crippen LogP contribution in [0, 0.1) is 12.1 Å². The summed E-state index contributed by atoms with van der Waals surface area (Å²) in [7, 11) is 20.0. The Hall–Kier alpha value is -7.47. The minimum absolute atomic E-state index is 0. The molecule has 16 aromatic rings. The molecule has 0 aliphatic carbocycles. The largest absolute Gasteiger partial charge is 2.00 e. The number of pyridine rings is 4. The number of hydrogen-bond acceptors (Lipinski definition) is 4. The number of halogens is 4. The van der Waals surface area contributed by atoms with Crippen molar-refractivity contribution < 1.29 is 33.0 Å². The first kappa shape index (κ1) is 85.0. The molecular formula is C98H74Cl4K2N4Pt2. The van der Waals surface area contributed by atoms with Crippen LogP contribution in [0.15, 0.2) is 400 Å². The second-order valence-electron chi connectivity index (χ2n) is 24.5. The van der Waals surface area contributed by atoms with E-state index in [2.05, 4.69) is 328 Å². The second kappa shape index (κ2) is 43.0. The van der Waals surface area contributed by atoms with Crippen molar-refractivity contribution in [2.75, 3.05) is 0 Å². The van der Waals surface area contributed by atoms with Crippen LogP contribution < -0.4 is 0 Å². The fraction of sp³-hybridized carbons (Fsp3) is 0.0204. The van der Waals surface area contributed by atoms with Gasteiger partial charge in [-0.15, -0.1) is 71.8 Å². The van der Waals surface area contributed by atoms with Crippen LogP contribution in [-0.2, 0) is 33.0 Å². The molecule has 0 atom stereocenters. The fourth-order valence-corrected chi connectivity index (χ4v) is 12.8. The van der Waals surface area contributed by atoms with Crippen LogP contribution in [0.2, 0.25) is 0 Å². The molecule has 12 aromatic carbocycles. The van der Waals surface area contributed by atoms with Gasteiger partial charge in [0.25, 0.3) is 0 Å². The first-order valence-electron chi connectivity index (χ1n) is 35.1. The summed E-state index contributed by atoms with van der Waals surface area (Å²) < 4.78 is 0. The Kier molecular flexibility index (Phi) is 33.2. The molecule has 12 heteroatoms. The summed E-state index contributed by atoms with van der Waals surface area (Å²) in [6.45, 7) is 0. The Labute approximate surface area is 726 Å². The molecule has 110 heavy (non-hydrogen) atoms. The van der Waals surface area contributed by atoms with E-state index in [1.54, 1.807) is 0 Å². The van der Waals surface area contributed by atoms with Gasteiger partial charge in [-0.3, -0.25) is 9.97 Å². The van der Waals surface area contributed by atoms with Crippen LogP contribution in [0.4, 0.5) is 0 Å². The molecule has 0 radical (unpaired) electrons. The minimum Gasteiger partial charge on any atom is -0.296 e. The number of aromatic nitrogens is 4. The van der Waals surface area contributed by atoms with Crippen LogP contribution >= 0.6 is 37.7 Å². The van der Waals surface area contributed by atoms with E-state index in [9.17, 15) is 0 Å². The first-order valence-corrected chi connectivity index (χ1v) is 62.4. The molecule has 4 nitrogen and oxygen atoms in total. The van der Waals surface area contributed by atoms with Crippen LogP contribution in [0.1, 0.15) is 59.9 Å². The molecule has 16 rings (SSSR count). The van der Waals surface area contributed by atoms with E-state index in [0.717, 1.165) is 123 Å². The summed E-state index contributed by atoms with van der Waals surface area (Å²) in [6.07, 6.45) is 0. The molecule has 0 saturated heterocycles. The molecule has 0 spiro atoms. The Morgan fingerprint density at radius 1 is 0.218 bits per heavy atom. The van der Waals surface area contributed by atoms with E-state index < -0.39 is 11.9 Å². The van der Waals surface area contributed by atoms with Gasteiger partial charge in [-0.1, -0.05) is 330 Å². The molecular weight excluding hydrogens is 1840 g/mol. The van der Waals surface area contributed by atoms with E-state index in [4.69, 9.17) is 57.6 Å². The standard InChI is InChI=1S/C48H34N2.C48H32N2.2CH4.4ClH.2K.2Pt/c2*1-5-15-35(16-6-1)37-27-31-41(32-28-37)47(42-33-29-38(30-34-42)36-17-7-2-8-18-36)48(45-25-13-23-43(49-45)39-19-9-3-10-20-39)46-26-14-24-44(50-46)40-21-11-4-12-22-40;;;;;;;;;;/h1-34H;1-19,21,23-34H;2*1H4;4*1H;;;;/q;-2;;;;;;;;;+2;+4/p-4. The van der Waals surface area contributed by atoms with Gasteiger partial charge in [0.15, 0.2) is 0 Å². The molecule has 4 aromatic heterocycles. The van der Waals surface area contributed by atoms with Gasteiger partial charge in [0.1, 0.15) is 0 Å². The smallest absolute Gasteiger partial charge is 0.296 e. The van der Waals surface area contributed by atoms with Gasteiger partial charge in [-0.2, -0.15) is 0 Å². The summed E-state index contributed by atoms with van der Waals surface area (Å²) in [5, 5.41) is 0. The Morgan fingerprint density at radius 3 is 0.645 bits per heavy atom. The average molecular weight is 1920 g/mol. The predicted molar refractivity (Wildman–Crippen MR) is 462 cm³/mol. The van der Waals surface area contributed by atoms with Gasteiger partial charge in [-0.05, 0) is 115 Å². The maximum atomic E-state index is 5.33. The molecule has 536 valence electrons. The SMILES string of the molecule is C.C.[Cl][Pt]([Cl])([Cl])[Cl].[K][K].[Pt+2].[c-]1ccccc1-c1cccc(C(=C(c2ccc(-c3ccccc3)cc2)c2ccc(-c3ccccc3)cc2)c2cccc(-c3[c-]cccc3)n2)n1.c1ccc(-c2ccc(C(=C(c3cccc(-c4ccccc4)n3)c3cccc(-c4ccccc4)n3)c3ccc(-c4ccccc4)cc3)cc2)cc1. The van der Waals surface area contributed by atoms with Crippen molar-refractivity contribution in [2.45, 2.75) is 14.9 Å². The third-order valence-corrected chi connectivity index (χ3v) is 17.8. The van der Waals surface area contributed by atoms with Crippen LogP contribution in [0.5, 0.6) is 0 Å². The zero-order valence-electron chi connectivity index (χ0n) is 59.0. The zero-order chi connectivity index (χ0) is 73.6. The van der Waals surface area contributed by atoms with Crippen LogP contribution in [-0.4, -0.2) is 83.1 Å². The monoisotopic (exact) mass is 1910 g/mol. The summed E-state index contributed by atoms with van der Waals surface area (Å²) in [6, 6.07) is 146. The average Bonchev–Trinajstić information content (AvgIpc) is 0.774. The van der Waals surface area contributed by atoms with Crippen molar-refractivity contribution in [3.63, 3.8) is 0 Å². The molecule has 0 fully saturated rings. The van der Waals surface area contributed by atoms with Gasteiger partial charge in [0.05, 0.1) is 34.2 Å². The van der Waals surface area contributed by atoms with E-state index in [1.807, 2.05) is 84.9 Å². The molecule has 0 saturated carbocycles. The summed E-state index contributed by atoms with van der Waals surface area (Å²) in [4.78, 5) is 21.2. The third kappa shape index (κ3) is 22.9. The zero-order valence-corrected chi connectivity index (χ0v) is 72.9. The fourth-order valence-electron chi connectivity index (χ4n) is 12.8. The Bertz CT molecular complexity index is 4890. The quantitative estimate of drug-likeness (QED) is 0.0715.